The molecule has 2 N–H and O–H groups in total. The normalized spacial score (nSPS) is 13.2. The number of ether oxygens (including phenoxy) is 1. The Morgan fingerprint density at radius 2 is 2.18 bits per heavy atom. The van der Waals surface area contributed by atoms with E-state index in [-0.39, 0.29) is 12.0 Å². The summed E-state index contributed by atoms with van der Waals surface area (Å²) in [5, 5.41) is 0. The summed E-state index contributed by atoms with van der Waals surface area (Å²) in [5.41, 5.74) is 6.69. The first-order valence-corrected chi connectivity index (χ1v) is 5.78. The lowest BCUT2D eigenvalue weighted by molar-refractivity contribution is 0.00676. The second-order valence-electron chi connectivity index (χ2n) is 4.98. The fourth-order valence-electron chi connectivity index (χ4n) is 1.44. The molecule has 1 heterocycles. The van der Waals surface area contributed by atoms with Gasteiger partial charge in [-0.2, -0.15) is 0 Å². The zero-order chi connectivity index (χ0) is 13.1. The lowest BCUT2D eigenvalue weighted by Crippen LogP contribution is -2.25. The first-order chi connectivity index (χ1) is 7.85. The highest BCUT2D eigenvalue weighted by Crippen LogP contribution is 2.20. The number of hydrogen-bond donors (Lipinski definition) is 1. The predicted octanol–water partition coefficient (Wildman–Crippen LogP) is 2.45. The summed E-state index contributed by atoms with van der Waals surface area (Å²) in [6, 6.07) is 1.46. The highest BCUT2D eigenvalue weighted by Gasteiger charge is 2.21. The van der Waals surface area contributed by atoms with Gasteiger partial charge in [0.15, 0.2) is 0 Å². The molecular formula is C13H20N2O2. The highest BCUT2D eigenvalue weighted by atomic mass is 16.6. The van der Waals surface area contributed by atoms with Crippen LogP contribution in [0.1, 0.15) is 56.1 Å². The van der Waals surface area contributed by atoms with Crippen LogP contribution >= 0.6 is 0 Å². The summed E-state index contributed by atoms with van der Waals surface area (Å²) in [7, 11) is 0. The van der Waals surface area contributed by atoms with E-state index in [1.807, 2.05) is 27.7 Å². The average Bonchev–Trinajstić information content (AvgIpc) is 2.25. The lowest BCUT2D eigenvalue weighted by atomic mass is 10.0. The SMILES string of the molecule is CC[C@@H](N)c1cnccc1C(=O)OC(C)(C)C. The van der Waals surface area contributed by atoms with Crippen molar-refractivity contribution >= 4 is 5.97 Å². The smallest absolute Gasteiger partial charge is 0.339 e. The molecule has 4 nitrogen and oxygen atoms in total. The number of hydrogen-bond acceptors (Lipinski definition) is 4. The number of esters is 1. The Kier molecular flexibility index (Phi) is 4.23. The molecule has 1 rings (SSSR count). The van der Waals surface area contributed by atoms with Crippen LogP contribution in [0.4, 0.5) is 0 Å². The van der Waals surface area contributed by atoms with E-state index >= 15 is 0 Å². The zero-order valence-electron chi connectivity index (χ0n) is 10.9. The third-order valence-electron chi connectivity index (χ3n) is 2.31. The predicted molar refractivity (Wildman–Crippen MR) is 66.6 cm³/mol. The van der Waals surface area contributed by atoms with Gasteiger partial charge in [-0.25, -0.2) is 4.79 Å². The summed E-state index contributed by atoms with van der Waals surface area (Å²) >= 11 is 0. The van der Waals surface area contributed by atoms with E-state index in [2.05, 4.69) is 4.98 Å². The summed E-state index contributed by atoms with van der Waals surface area (Å²) in [4.78, 5) is 16.0. The Morgan fingerprint density at radius 3 is 2.71 bits per heavy atom. The standard InChI is InChI=1S/C13H20N2O2/c1-5-11(14)10-8-15-7-6-9(10)12(16)17-13(2,3)4/h6-8,11H,5,14H2,1-4H3/t11-/m1/s1. The van der Waals surface area contributed by atoms with Crippen LogP contribution in [0, 0.1) is 0 Å². The van der Waals surface area contributed by atoms with Crippen LogP contribution in [-0.2, 0) is 4.74 Å². The van der Waals surface area contributed by atoms with Gasteiger partial charge in [0.25, 0.3) is 0 Å². The van der Waals surface area contributed by atoms with Crippen LogP contribution in [-0.4, -0.2) is 16.6 Å². The lowest BCUT2D eigenvalue weighted by Gasteiger charge is -2.21. The van der Waals surface area contributed by atoms with Gasteiger partial charge >= 0.3 is 5.97 Å². The van der Waals surface area contributed by atoms with Crippen LogP contribution in [0.3, 0.4) is 0 Å². The molecule has 1 atom stereocenters. The van der Waals surface area contributed by atoms with E-state index in [0.717, 1.165) is 12.0 Å². The van der Waals surface area contributed by atoms with Crippen LogP contribution in [0.2, 0.25) is 0 Å². The van der Waals surface area contributed by atoms with Crippen molar-refractivity contribution in [1.82, 2.24) is 4.98 Å². The van der Waals surface area contributed by atoms with Crippen molar-refractivity contribution in [2.45, 2.75) is 45.8 Å². The first-order valence-electron chi connectivity index (χ1n) is 5.78. The molecule has 0 spiro atoms. The van der Waals surface area contributed by atoms with Gasteiger partial charge in [0, 0.05) is 24.0 Å². The minimum Gasteiger partial charge on any atom is -0.456 e. The highest BCUT2D eigenvalue weighted by molar-refractivity contribution is 5.91. The Bertz CT molecular complexity index is 397. The number of carbonyl (C=O) groups is 1. The van der Waals surface area contributed by atoms with Crippen molar-refractivity contribution in [3.8, 4) is 0 Å². The molecule has 0 saturated heterocycles. The summed E-state index contributed by atoms with van der Waals surface area (Å²) < 4.78 is 5.34. The molecule has 0 aromatic carbocycles. The van der Waals surface area contributed by atoms with Gasteiger partial charge in [-0.05, 0) is 33.3 Å². The summed E-state index contributed by atoms with van der Waals surface area (Å²) in [6.45, 7) is 7.49. The number of nitrogens with two attached hydrogens (primary N) is 1. The van der Waals surface area contributed by atoms with Crippen LogP contribution in [0.15, 0.2) is 18.5 Å². The summed E-state index contributed by atoms with van der Waals surface area (Å²) in [5.74, 6) is -0.348. The molecule has 1 aromatic rings. The maximum absolute atomic E-state index is 12.0. The maximum atomic E-state index is 12.0. The van der Waals surface area contributed by atoms with Crippen molar-refractivity contribution < 1.29 is 9.53 Å². The molecular weight excluding hydrogens is 216 g/mol. The molecule has 0 radical (unpaired) electrons. The van der Waals surface area contributed by atoms with Crippen LogP contribution in [0.5, 0.6) is 0 Å². The molecule has 17 heavy (non-hydrogen) atoms. The zero-order valence-corrected chi connectivity index (χ0v) is 10.9. The third kappa shape index (κ3) is 3.82. The molecule has 0 fully saturated rings. The Hall–Kier alpha value is -1.42. The number of aromatic nitrogens is 1. The molecule has 0 bridgehead atoms. The van der Waals surface area contributed by atoms with Gasteiger partial charge in [-0.3, -0.25) is 4.98 Å². The van der Waals surface area contributed by atoms with Gasteiger partial charge in [0.05, 0.1) is 5.56 Å². The number of rotatable bonds is 3. The van der Waals surface area contributed by atoms with E-state index in [9.17, 15) is 4.79 Å². The molecule has 0 aliphatic rings. The summed E-state index contributed by atoms with van der Waals surface area (Å²) in [6.07, 6.45) is 3.96. The van der Waals surface area contributed by atoms with Gasteiger partial charge in [-0.1, -0.05) is 6.92 Å². The molecule has 94 valence electrons. The number of nitrogens with zero attached hydrogens (tertiary/aromatic N) is 1. The van der Waals surface area contributed by atoms with Crippen LogP contribution in [0.25, 0.3) is 0 Å². The van der Waals surface area contributed by atoms with Crippen molar-refractivity contribution in [2.75, 3.05) is 0 Å². The topological polar surface area (TPSA) is 65.2 Å². The van der Waals surface area contributed by atoms with E-state index in [1.54, 1.807) is 18.5 Å². The average molecular weight is 236 g/mol. The van der Waals surface area contributed by atoms with E-state index in [4.69, 9.17) is 10.5 Å². The molecule has 4 heteroatoms. The van der Waals surface area contributed by atoms with Crippen molar-refractivity contribution in [2.24, 2.45) is 5.73 Å². The Balaban J connectivity index is 3.01. The minimum absolute atomic E-state index is 0.189. The van der Waals surface area contributed by atoms with Crippen molar-refractivity contribution in [1.29, 1.82) is 0 Å². The van der Waals surface area contributed by atoms with Crippen molar-refractivity contribution in [3.63, 3.8) is 0 Å². The van der Waals surface area contributed by atoms with Gasteiger partial charge in [0.2, 0.25) is 0 Å². The Labute approximate surface area is 102 Å². The molecule has 0 saturated carbocycles. The number of pyridine rings is 1. The molecule has 0 aliphatic carbocycles. The van der Waals surface area contributed by atoms with Gasteiger partial charge in [-0.15, -0.1) is 0 Å². The molecule has 0 unspecified atom stereocenters. The van der Waals surface area contributed by atoms with E-state index in [1.165, 1.54) is 0 Å². The maximum Gasteiger partial charge on any atom is 0.339 e. The van der Waals surface area contributed by atoms with Gasteiger partial charge < -0.3 is 10.5 Å². The largest absolute Gasteiger partial charge is 0.456 e. The van der Waals surface area contributed by atoms with E-state index < -0.39 is 5.60 Å². The molecule has 0 aliphatic heterocycles. The third-order valence-corrected chi connectivity index (χ3v) is 2.31. The second-order valence-corrected chi connectivity index (χ2v) is 4.98. The fraction of sp³-hybridized carbons (Fsp3) is 0.538. The van der Waals surface area contributed by atoms with Gasteiger partial charge in [0.1, 0.15) is 5.60 Å². The monoisotopic (exact) mass is 236 g/mol. The Morgan fingerprint density at radius 1 is 1.53 bits per heavy atom. The second kappa shape index (κ2) is 5.27. The first kappa shape index (κ1) is 13.6. The fourth-order valence-corrected chi connectivity index (χ4v) is 1.44. The van der Waals surface area contributed by atoms with E-state index in [0.29, 0.717) is 5.56 Å². The van der Waals surface area contributed by atoms with Crippen LogP contribution < -0.4 is 5.73 Å². The minimum atomic E-state index is -0.506. The quantitative estimate of drug-likeness (QED) is 0.819. The molecule has 1 aromatic heterocycles. The number of carbonyl (C=O) groups excluding carboxylic acids is 1. The molecule has 0 amide bonds. The van der Waals surface area contributed by atoms with Crippen molar-refractivity contribution in [3.05, 3.63) is 29.6 Å².